The number of rotatable bonds is 8. The van der Waals surface area contributed by atoms with Crippen molar-refractivity contribution in [2.45, 2.75) is 24.9 Å². The lowest BCUT2D eigenvalue weighted by molar-refractivity contribution is -0.113. The van der Waals surface area contributed by atoms with E-state index in [1.54, 1.807) is 11.3 Å². The third-order valence-electron chi connectivity index (χ3n) is 4.73. The SMILES string of the molecule is COC(=O)c1ccc(C(=O)OC)c(NC(=O)CSc2nnc(-c3csc(C(C)C)c3)n2C)c1. The maximum atomic E-state index is 12.6. The molecule has 1 aromatic carbocycles. The van der Waals surface area contributed by atoms with Crippen molar-refractivity contribution >= 4 is 46.6 Å². The molecule has 1 N–H and O–H groups in total. The molecule has 0 aliphatic heterocycles. The summed E-state index contributed by atoms with van der Waals surface area (Å²) in [7, 11) is 4.33. The van der Waals surface area contributed by atoms with Gasteiger partial charge in [0, 0.05) is 22.9 Å². The van der Waals surface area contributed by atoms with Crippen molar-refractivity contribution in [2.75, 3.05) is 25.3 Å². The largest absolute Gasteiger partial charge is 0.465 e. The number of esters is 2. The standard InChI is InChI=1S/C22H24N4O5S2/c1-12(2)17-9-14(10-32-17)19-24-25-22(26(19)3)33-11-18(27)23-16-8-13(20(28)30-4)6-7-15(16)21(29)31-5/h6-10,12H,11H2,1-5H3,(H,23,27). The number of methoxy groups -OCH3 is 2. The zero-order valence-corrected chi connectivity index (χ0v) is 20.5. The molecule has 0 saturated carbocycles. The van der Waals surface area contributed by atoms with Gasteiger partial charge in [0.2, 0.25) is 5.91 Å². The van der Waals surface area contributed by atoms with E-state index in [0.717, 1.165) is 11.4 Å². The fourth-order valence-corrected chi connectivity index (χ4v) is 4.58. The van der Waals surface area contributed by atoms with Crippen molar-refractivity contribution in [3.8, 4) is 11.4 Å². The number of amides is 1. The molecule has 2 heterocycles. The third-order valence-corrected chi connectivity index (χ3v) is 6.99. The van der Waals surface area contributed by atoms with Crippen molar-refractivity contribution in [3.05, 3.63) is 45.6 Å². The summed E-state index contributed by atoms with van der Waals surface area (Å²) in [4.78, 5) is 37.8. The summed E-state index contributed by atoms with van der Waals surface area (Å²) in [5.74, 6) is -0.423. The molecule has 0 fully saturated rings. The van der Waals surface area contributed by atoms with E-state index in [1.165, 1.54) is 49.1 Å². The summed E-state index contributed by atoms with van der Waals surface area (Å²) in [5, 5.41) is 13.7. The fourth-order valence-electron chi connectivity index (χ4n) is 2.96. The van der Waals surface area contributed by atoms with Crippen LogP contribution in [0.5, 0.6) is 0 Å². The van der Waals surface area contributed by atoms with E-state index in [4.69, 9.17) is 9.47 Å². The summed E-state index contributed by atoms with van der Waals surface area (Å²) in [6, 6.07) is 6.31. The Morgan fingerprint density at radius 1 is 1.12 bits per heavy atom. The predicted octanol–water partition coefficient (Wildman–Crippen LogP) is 3.97. The zero-order valence-electron chi connectivity index (χ0n) is 18.9. The summed E-state index contributed by atoms with van der Waals surface area (Å²) in [6.45, 7) is 4.28. The predicted molar refractivity (Wildman–Crippen MR) is 127 cm³/mol. The maximum absolute atomic E-state index is 12.6. The Morgan fingerprint density at radius 3 is 2.48 bits per heavy atom. The van der Waals surface area contributed by atoms with Gasteiger partial charge in [-0.2, -0.15) is 0 Å². The van der Waals surface area contributed by atoms with Gasteiger partial charge in [-0.15, -0.1) is 21.5 Å². The van der Waals surface area contributed by atoms with Gasteiger partial charge in [-0.25, -0.2) is 9.59 Å². The third kappa shape index (κ3) is 5.60. The van der Waals surface area contributed by atoms with Crippen LogP contribution in [0.3, 0.4) is 0 Å². The Morgan fingerprint density at radius 2 is 1.85 bits per heavy atom. The van der Waals surface area contributed by atoms with E-state index in [1.807, 2.05) is 17.0 Å². The lowest BCUT2D eigenvalue weighted by Crippen LogP contribution is -2.18. The minimum absolute atomic E-state index is 0.0237. The highest BCUT2D eigenvalue weighted by Crippen LogP contribution is 2.30. The Hall–Kier alpha value is -3.18. The molecule has 11 heteroatoms. The molecule has 0 spiro atoms. The van der Waals surface area contributed by atoms with E-state index >= 15 is 0 Å². The molecule has 0 atom stereocenters. The first-order chi connectivity index (χ1) is 15.7. The molecule has 3 rings (SSSR count). The van der Waals surface area contributed by atoms with Crippen LogP contribution in [0.1, 0.15) is 45.4 Å². The number of aromatic nitrogens is 3. The van der Waals surface area contributed by atoms with Gasteiger partial charge in [0.05, 0.1) is 36.8 Å². The first-order valence-electron chi connectivity index (χ1n) is 9.96. The molecule has 0 radical (unpaired) electrons. The Labute approximate surface area is 199 Å². The van der Waals surface area contributed by atoms with E-state index in [2.05, 4.69) is 35.4 Å². The maximum Gasteiger partial charge on any atom is 0.339 e. The minimum atomic E-state index is -0.635. The molecular formula is C22H24N4O5S2. The van der Waals surface area contributed by atoms with Crippen LogP contribution in [0.25, 0.3) is 11.4 Å². The molecule has 0 aliphatic rings. The van der Waals surface area contributed by atoms with Gasteiger partial charge in [0.25, 0.3) is 0 Å². The quantitative estimate of drug-likeness (QED) is 0.374. The molecule has 3 aromatic rings. The van der Waals surface area contributed by atoms with Crippen molar-refractivity contribution < 1.29 is 23.9 Å². The summed E-state index contributed by atoms with van der Waals surface area (Å²) in [5.41, 5.74) is 1.47. The van der Waals surface area contributed by atoms with E-state index < -0.39 is 11.9 Å². The number of thioether (sulfide) groups is 1. The van der Waals surface area contributed by atoms with Crippen molar-refractivity contribution in [2.24, 2.45) is 7.05 Å². The topological polar surface area (TPSA) is 112 Å². The monoisotopic (exact) mass is 488 g/mol. The van der Waals surface area contributed by atoms with Gasteiger partial charge in [-0.05, 0) is 30.2 Å². The number of benzene rings is 1. The molecule has 0 unspecified atom stereocenters. The molecule has 9 nitrogen and oxygen atoms in total. The van der Waals surface area contributed by atoms with E-state index in [9.17, 15) is 14.4 Å². The van der Waals surface area contributed by atoms with Gasteiger partial charge in [0.1, 0.15) is 0 Å². The lowest BCUT2D eigenvalue weighted by atomic mass is 10.1. The average molecular weight is 489 g/mol. The first-order valence-corrected chi connectivity index (χ1v) is 11.8. The summed E-state index contributed by atoms with van der Waals surface area (Å²) >= 11 is 2.89. The Kier molecular flexibility index (Phi) is 7.88. The number of hydrogen-bond acceptors (Lipinski definition) is 9. The van der Waals surface area contributed by atoms with Crippen molar-refractivity contribution in [1.82, 2.24) is 14.8 Å². The second-order valence-electron chi connectivity index (χ2n) is 7.34. The molecule has 2 aromatic heterocycles. The highest BCUT2D eigenvalue weighted by atomic mass is 32.2. The molecule has 1 amide bonds. The summed E-state index contributed by atoms with van der Waals surface area (Å²) in [6.07, 6.45) is 0. The van der Waals surface area contributed by atoms with Crippen LogP contribution in [0.4, 0.5) is 5.69 Å². The number of nitrogens with one attached hydrogen (secondary N) is 1. The molecule has 174 valence electrons. The number of carbonyl (C=O) groups excluding carboxylic acids is 3. The van der Waals surface area contributed by atoms with Crippen LogP contribution >= 0.6 is 23.1 Å². The molecule has 33 heavy (non-hydrogen) atoms. The van der Waals surface area contributed by atoms with Gasteiger partial charge in [0.15, 0.2) is 11.0 Å². The number of hydrogen-bond donors (Lipinski definition) is 1. The molecule has 0 bridgehead atoms. The van der Waals surface area contributed by atoms with Gasteiger partial charge in [-0.1, -0.05) is 25.6 Å². The number of ether oxygens (including phenoxy) is 2. The average Bonchev–Trinajstić information content (AvgIpc) is 3.43. The smallest absolute Gasteiger partial charge is 0.339 e. The molecule has 0 aliphatic carbocycles. The van der Waals surface area contributed by atoms with Crippen LogP contribution < -0.4 is 5.32 Å². The van der Waals surface area contributed by atoms with Gasteiger partial charge in [-0.3, -0.25) is 4.79 Å². The summed E-state index contributed by atoms with van der Waals surface area (Å²) < 4.78 is 11.3. The van der Waals surface area contributed by atoms with E-state index in [-0.39, 0.29) is 28.5 Å². The van der Waals surface area contributed by atoms with Crippen LogP contribution in [0.2, 0.25) is 0 Å². The minimum Gasteiger partial charge on any atom is -0.465 e. The Balaban J connectivity index is 1.72. The number of thiophene rings is 1. The second kappa shape index (κ2) is 10.6. The van der Waals surface area contributed by atoms with Gasteiger partial charge < -0.3 is 19.4 Å². The lowest BCUT2D eigenvalue weighted by Gasteiger charge is -2.11. The number of anilines is 1. The Bertz CT molecular complexity index is 1190. The highest BCUT2D eigenvalue weighted by Gasteiger charge is 2.19. The number of nitrogens with zero attached hydrogens (tertiary/aromatic N) is 3. The van der Waals surface area contributed by atoms with Gasteiger partial charge >= 0.3 is 11.9 Å². The molecule has 0 saturated heterocycles. The van der Waals surface area contributed by atoms with Crippen LogP contribution in [0.15, 0.2) is 34.8 Å². The zero-order chi connectivity index (χ0) is 24.1. The van der Waals surface area contributed by atoms with Crippen molar-refractivity contribution in [1.29, 1.82) is 0 Å². The highest BCUT2D eigenvalue weighted by molar-refractivity contribution is 7.99. The fraction of sp³-hybridized carbons (Fsp3) is 0.318. The van der Waals surface area contributed by atoms with E-state index in [0.29, 0.717) is 11.1 Å². The first kappa shape index (κ1) is 24.5. The van der Waals surface area contributed by atoms with Crippen LogP contribution in [0, 0.1) is 0 Å². The second-order valence-corrected chi connectivity index (χ2v) is 9.22. The normalized spacial score (nSPS) is 10.8. The van der Waals surface area contributed by atoms with Crippen molar-refractivity contribution in [3.63, 3.8) is 0 Å². The number of carbonyl (C=O) groups is 3. The van der Waals surface area contributed by atoms with Crippen LogP contribution in [-0.2, 0) is 21.3 Å². The molecular weight excluding hydrogens is 464 g/mol. The van der Waals surface area contributed by atoms with Crippen LogP contribution in [-0.4, -0.2) is 52.6 Å².